The minimum atomic E-state index is -0.507. The lowest BCUT2D eigenvalue weighted by Crippen LogP contribution is -2.56. The third-order valence-corrected chi connectivity index (χ3v) is 7.26. The molecule has 0 aromatic rings. The van der Waals surface area contributed by atoms with Gasteiger partial charge < -0.3 is 19.3 Å². The molecule has 4 rings (SSSR count). The minimum Gasteiger partial charge on any atom is -0.444 e. The van der Waals surface area contributed by atoms with Crippen molar-refractivity contribution >= 4 is 12.0 Å². The summed E-state index contributed by atoms with van der Waals surface area (Å²) in [5.41, 5.74) is -0.899. The van der Waals surface area contributed by atoms with E-state index in [0.29, 0.717) is 19.1 Å². The molecule has 2 amide bonds. The van der Waals surface area contributed by atoms with Crippen LogP contribution in [0.15, 0.2) is 0 Å². The first-order valence-corrected chi connectivity index (χ1v) is 11.4. The molecule has 0 N–H and O–H groups in total. The molecule has 0 radical (unpaired) electrons. The van der Waals surface area contributed by atoms with Crippen molar-refractivity contribution in [3.8, 4) is 0 Å². The second kappa shape index (κ2) is 8.06. The number of amides is 2. The maximum absolute atomic E-state index is 13.6. The van der Waals surface area contributed by atoms with Gasteiger partial charge in [-0.2, -0.15) is 0 Å². The molecule has 0 aromatic carbocycles. The molecule has 7 nitrogen and oxygen atoms in total. The van der Waals surface area contributed by atoms with Crippen LogP contribution in [-0.4, -0.2) is 90.8 Å². The molecular formula is C22H37N3O4. The van der Waals surface area contributed by atoms with Crippen molar-refractivity contribution in [2.75, 3.05) is 52.5 Å². The number of hydrogen-bond acceptors (Lipinski definition) is 5. The van der Waals surface area contributed by atoms with Gasteiger partial charge in [-0.15, -0.1) is 0 Å². The van der Waals surface area contributed by atoms with E-state index in [-0.39, 0.29) is 17.9 Å². The molecular weight excluding hydrogens is 370 g/mol. The molecule has 164 valence electrons. The Kier molecular flexibility index (Phi) is 5.81. The zero-order valence-electron chi connectivity index (χ0n) is 18.3. The highest BCUT2D eigenvalue weighted by Gasteiger charge is 2.57. The molecule has 3 heterocycles. The van der Waals surface area contributed by atoms with E-state index < -0.39 is 11.0 Å². The highest BCUT2D eigenvalue weighted by molar-refractivity contribution is 5.85. The van der Waals surface area contributed by atoms with Gasteiger partial charge in [0.25, 0.3) is 0 Å². The minimum absolute atomic E-state index is 0.274. The van der Waals surface area contributed by atoms with Crippen molar-refractivity contribution in [2.45, 2.75) is 64.5 Å². The van der Waals surface area contributed by atoms with E-state index in [2.05, 4.69) is 9.80 Å². The number of rotatable bonds is 2. The lowest BCUT2D eigenvalue weighted by atomic mass is 9.79. The maximum atomic E-state index is 13.6. The van der Waals surface area contributed by atoms with Crippen LogP contribution in [0.3, 0.4) is 0 Å². The third kappa shape index (κ3) is 4.26. The van der Waals surface area contributed by atoms with Crippen LogP contribution in [0.1, 0.15) is 52.9 Å². The fourth-order valence-electron chi connectivity index (χ4n) is 5.76. The zero-order chi connectivity index (χ0) is 20.6. The van der Waals surface area contributed by atoms with Gasteiger partial charge in [-0.25, -0.2) is 4.79 Å². The fourth-order valence-corrected chi connectivity index (χ4v) is 5.76. The summed E-state index contributed by atoms with van der Waals surface area (Å²) in [4.78, 5) is 32.7. The summed E-state index contributed by atoms with van der Waals surface area (Å²) in [5, 5.41) is 0. The van der Waals surface area contributed by atoms with Crippen LogP contribution < -0.4 is 0 Å². The predicted octanol–water partition coefficient (Wildman–Crippen LogP) is 2.35. The summed E-state index contributed by atoms with van der Waals surface area (Å²) < 4.78 is 11.1. The lowest BCUT2D eigenvalue weighted by Gasteiger charge is -2.43. The highest BCUT2D eigenvalue weighted by Crippen LogP contribution is 2.50. The van der Waals surface area contributed by atoms with Gasteiger partial charge in [0.15, 0.2) is 0 Å². The average molecular weight is 408 g/mol. The molecule has 0 spiro atoms. The van der Waals surface area contributed by atoms with Crippen molar-refractivity contribution in [3.05, 3.63) is 0 Å². The molecule has 0 unspecified atom stereocenters. The molecule has 4 fully saturated rings. The van der Waals surface area contributed by atoms with E-state index in [1.165, 1.54) is 0 Å². The molecule has 7 heteroatoms. The Balaban J connectivity index is 1.38. The van der Waals surface area contributed by atoms with Gasteiger partial charge in [-0.1, -0.05) is 6.42 Å². The summed E-state index contributed by atoms with van der Waals surface area (Å²) in [6.07, 6.45) is 4.95. The standard InChI is InChI=1S/C22H37N3O4/c1-21(2,3)29-20(27)25-15-17-5-4-8-22(17,16-25)19(26)24-11-9-23(10-12-24)18-6-13-28-14-7-18/h17-18H,4-16H2,1-3H3/t17-,22-/m1/s1. The van der Waals surface area contributed by atoms with Crippen molar-refractivity contribution in [1.82, 2.24) is 14.7 Å². The Bertz CT molecular complexity index is 620. The average Bonchev–Trinajstić information content (AvgIpc) is 3.25. The smallest absolute Gasteiger partial charge is 0.410 e. The summed E-state index contributed by atoms with van der Waals surface area (Å²) in [5.74, 6) is 0.550. The number of carbonyl (C=O) groups excluding carboxylic acids is 2. The topological polar surface area (TPSA) is 62.3 Å². The Morgan fingerprint density at radius 1 is 1.00 bits per heavy atom. The summed E-state index contributed by atoms with van der Waals surface area (Å²) in [6.45, 7) is 12.1. The second-order valence-corrected chi connectivity index (χ2v) is 10.3. The van der Waals surface area contributed by atoms with E-state index in [4.69, 9.17) is 9.47 Å². The van der Waals surface area contributed by atoms with E-state index in [1.807, 2.05) is 20.8 Å². The maximum Gasteiger partial charge on any atom is 0.410 e. The molecule has 4 aliphatic rings. The molecule has 0 bridgehead atoms. The third-order valence-electron chi connectivity index (χ3n) is 7.26. The molecule has 0 aromatic heterocycles. The summed E-state index contributed by atoms with van der Waals surface area (Å²) in [6, 6.07) is 0.604. The molecule has 2 atom stereocenters. The number of piperazine rings is 1. The van der Waals surface area contributed by atoms with Gasteiger partial charge in [0.2, 0.25) is 5.91 Å². The van der Waals surface area contributed by atoms with Crippen LogP contribution in [0, 0.1) is 11.3 Å². The van der Waals surface area contributed by atoms with E-state index in [0.717, 1.165) is 71.5 Å². The van der Waals surface area contributed by atoms with Gasteiger partial charge in [-0.05, 0) is 52.4 Å². The first-order valence-electron chi connectivity index (χ1n) is 11.4. The van der Waals surface area contributed by atoms with Crippen LogP contribution in [0.5, 0.6) is 0 Å². The van der Waals surface area contributed by atoms with Crippen LogP contribution in [-0.2, 0) is 14.3 Å². The molecule has 3 saturated heterocycles. The number of nitrogens with zero attached hydrogens (tertiary/aromatic N) is 3. The largest absolute Gasteiger partial charge is 0.444 e. The molecule has 29 heavy (non-hydrogen) atoms. The van der Waals surface area contributed by atoms with Crippen molar-refractivity contribution in [3.63, 3.8) is 0 Å². The van der Waals surface area contributed by atoms with E-state index in [9.17, 15) is 9.59 Å². The van der Waals surface area contributed by atoms with Gasteiger partial charge in [-0.3, -0.25) is 9.69 Å². The molecule has 1 aliphatic carbocycles. The quantitative estimate of drug-likeness (QED) is 0.703. The van der Waals surface area contributed by atoms with Crippen LogP contribution in [0.25, 0.3) is 0 Å². The molecule has 1 saturated carbocycles. The monoisotopic (exact) mass is 407 g/mol. The number of fused-ring (bicyclic) bond motifs is 1. The number of hydrogen-bond donors (Lipinski definition) is 0. The fraction of sp³-hybridized carbons (Fsp3) is 0.909. The number of likely N-dealkylation sites (tertiary alicyclic amines) is 1. The Morgan fingerprint density at radius 3 is 2.34 bits per heavy atom. The van der Waals surface area contributed by atoms with Crippen molar-refractivity contribution in [1.29, 1.82) is 0 Å². The Morgan fingerprint density at radius 2 is 1.69 bits per heavy atom. The van der Waals surface area contributed by atoms with Crippen molar-refractivity contribution < 1.29 is 19.1 Å². The second-order valence-electron chi connectivity index (χ2n) is 10.3. The van der Waals surface area contributed by atoms with Gasteiger partial charge >= 0.3 is 6.09 Å². The first-order chi connectivity index (χ1) is 13.8. The molecule has 3 aliphatic heterocycles. The van der Waals surface area contributed by atoms with Crippen LogP contribution in [0.2, 0.25) is 0 Å². The number of ether oxygens (including phenoxy) is 2. The van der Waals surface area contributed by atoms with Crippen molar-refractivity contribution in [2.24, 2.45) is 11.3 Å². The van der Waals surface area contributed by atoms with Gasteiger partial charge in [0.1, 0.15) is 5.60 Å². The highest BCUT2D eigenvalue weighted by atomic mass is 16.6. The van der Waals surface area contributed by atoms with Crippen LogP contribution in [0.4, 0.5) is 4.79 Å². The van der Waals surface area contributed by atoms with E-state index in [1.54, 1.807) is 4.90 Å². The SMILES string of the molecule is CC(C)(C)OC(=O)N1C[C@H]2CCC[C@@]2(C(=O)N2CCN(C3CCOCC3)CC2)C1. The van der Waals surface area contributed by atoms with E-state index >= 15 is 0 Å². The van der Waals surface area contributed by atoms with Gasteiger partial charge in [0.05, 0.1) is 5.41 Å². The Hall–Kier alpha value is -1.34. The normalized spacial score (nSPS) is 31.8. The Labute approximate surface area is 174 Å². The van der Waals surface area contributed by atoms with Gasteiger partial charge in [0, 0.05) is 58.5 Å². The lowest BCUT2D eigenvalue weighted by molar-refractivity contribution is -0.145. The predicted molar refractivity (Wildman–Crippen MR) is 110 cm³/mol. The zero-order valence-corrected chi connectivity index (χ0v) is 18.3. The summed E-state index contributed by atoms with van der Waals surface area (Å²) >= 11 is 0. The summed E-state index contributed by atoms with van der Waals surface area (Å²) in [7, 11) is 0. The first kappa shape index (κ1) is 20.9. The number of carbonyl (C=O) groups is 2. The van der Waals surface area contributed by atoms with Crippen LogP contribution >= 0.6 is 0 Å².